The summed E-state index contributed by atoms with van der Waals surface area (Å²) >= 11 is 6.46. The standard InChI is InChI=1S/C12H12Br2O4/c1-6(15)10(14)8-3-2-7(5-13)4-9(8)11(16)12(17)18/h2-4,10-11,16H,5H2,1H3,(H,17,18). The van der Waals surface area contributed by atoms with Crippen LogP contribution in [0.4, 0.5) is 0 Å². The van der Waals surface area contributed by atoms with Gasteiger partial charge in [0.25, 0.3) is 0 Å². The Morgan fingerprint density at radius 2 is 1.94 bits per heavy atom. The Bertz CT molecular complexity index is 473. The van der Waals surface area contributed by atoms with Gasteiger partial charge in [-0.05, 0) is 23.6 Å². The van der Waals surface area contributed by atoms with Crippen LogP contribution >= 0.6 is 31.9 Å². The molecule has 0 radical (unpaired) electrons. The zero-order valence-corrected chi connectivity index (χ0v) is 12.7. The van der Waals surface area contributed by atoms with Crippen LogP contribution in [0.15, 0.2) is 18.2 Å². The first-order chi connectivity index (χ1) is 8.38. The fraction of sp³-hybridized carbons (Fsp3) is 0.333. The van der Waals surface area contributed by atoms with Crippen molar-refractivity contribution in [2.75, 3.05) is 0 Å². The van der Waals surface area contributed by atoms with Gasteiger partial charge in [0, 0.05) is 5.33 Å². The van der Waals surface area contributed by atoms with E-state index >= 15 is 0 Å². The Morgan fingerprint density at radius 3 is 2.39 bits per heavy atom. The van der Waals surface area contributed by atoms with E-state index in [0.717, 1.165) is 5.56 Å². The van der Waals surface area contributed by atoms with Crippen LogP contribution < -0.4 is 0 Å². The lowest BCUT2D eigenvalue weighted by atomic mass is 9.96. The number of carbonyl (C=O) groups excluding carboxylic acids is 1. The largest absolute Gasteiger partial charge is 0.479 e. The molecule has 0 aliphatic carbocycles. The lowest BCUT2D eigenvalue weighted by Crippen LogP contribution is -2.15. The summed E-state index contributed by atoms with van der Waals surface area (Å²) in [5.74, 6) is -1.49. The smallest absolute Gasteiger partial charge is 0.337 e. The lowest BCUT2D eigenvalue weighted by molar-refractivity contribution is -0.147. The quantitative estimate of drug-likeness (QED) is 0.771. The third-order valence-electron chi connectivity index (χ3n) is 2.46. The molecule has 0 spiro atoms. The van der Waals surface area contributed by atoms with Gasteiger partial charge < -0.3 is 10.2 Å². The number of carboxylic acids is 1. The van der Waals surface area contributed by atoms with Gasteiger partial charge in [-0.15, -0.1) is 0 Å². The molecule has 1 rings (SSSR count). The van der Waals surface area contributed by atoms with E-state index < -0.39 is 16.9 Å². The van der Waals surface area contributed by atoms with Crippen molar-refractivity contribution in [3.8, 4) is 0 Å². The number of hydrogen-bond acceptors (Lipinski definition) is 3. The minimum absolute atomic E-state index is 0.152. The molecule has 0 aromatic heterocycles. The van der Waals surface area contributed by atoms with E-state index in [1.54, 1.807) is 18.2 Å². The molecule has 6 heteroatoms. The highest BCUT2D eigenvalue weighted by molar-refractivity contribution is 9.09. The maximum atomic E-state index is 11.4. The molecule has 2 N–H and O–H groups in total. The van der Waals surface area contributed by atoms with Crippen LogP contribution in [0.5, 0.6) is 0 Å². The second-order valence-corrected chi connectivity index (χ2v) is 5.29. The molecular weight excluding hydrogens is 368 g/mol. The number of alkyl halides is 2. The van der Waals surface area contributed by atoms with Crippen molar-refractivity contribution in [1.29, 1.82) is 0 Å². The number of hydrogen-bond donors (Lipinski definition) is 2. The van der Waals surface area contributed by atoms with Crippen LogP contribution in [-0.4, -0.2) is 22.0 Å². The minimum Gasteiger partial charge on any atom is -0.479 e. The Hall–Kier alpha value is -0.720. The highest BCUT2D eigenvalue weighted by Gasteiger charge is 2.24. The van der Waals surface area contributed by atoms with Crippen LogP contribution in [0.1, 0.15) is 34.5 Å². The first kappa shape index (κ1) is 15.3. The minimum atomic E-state index is -1.64. The number of carbonyl (C=O) groups is 2. The third kappa shape index (κ3) is 3.40. The molecule has 98 valence electrons. The average Bonchev–Trinajstić information content (AvgIpc) is 2.35. The van der Waals surface area contributed by atoms with E-state index in [9.17, 15) is 14.7 Å². The molecule has 0 fully saturated rings. The van der Waals surface area contributed by atoms with Gasteiger partial charge in [-0.1, -0.05) is 50.1 Å². The van der Waals surface area contributed by atoms with Crippen LogP contribution in [0.2, 0.25) is 0 Å². The van der Waals surface area contributed by atoms with E-state index in [2.05, 4.69) is 31.9 Å². The summed E-state index contributed by atoms with van der Waals surface area (Å²) in [6.45, 7) is 1.40. The summed E-state index contributed by atoms with van der Waals surface area (Å²) in [5, 5.41) is 19.1. The molecule has 2 atom stereocenters. The molecule has 0 aliphatic heterocycles. The number of benzene rings is 1. The molecule has 0 saturated carbocycles. The van der Waals surface area contributed by atoms with E-state index in [4.69, 9.17) is 5.11 Å². The van der Waals surface area contributed by atoms with Crippen molar-refractivity contribution < 1.29 is 19.8 Å². The molecule has 0 aliphatic rings. The fourth-order valence-electron chi connectivity index (χ4n) is 1.53. The lowest BCUT2D eigenvalue weighted by Gasteiger charge is -2.16. The predicted molar refractivity (Wildman–Crippen MR) is 74.0 cm³/mol. The highest BCUT2D eigenvalue weighted by Crippen LogP contribution is 2.31. The molecule has 1 aromatic rings. The first-order valence-corrected chi connectivity index (χ1v) is 7.16. The molecule has 1 aromatic carbocycles. The summed E-state index contributed by atoms with van der Waals surface area (Å²) in [6, 6.07) is 5.01. The Balaban J connectivity index is 3.33. The zero-order valence-electron chi connectivity index (χ0n) is 9.56. The van der Waals surface area contributed by atoms with Gasteiger partial charge in [0.1, 0.15) is 5.78 Å². The van der Waals surface area contributed by atoms with Crippen LogP contribution in [0, 0.1) is 0 Å². The summed E-state index contributed by atoms with van der Waals surface area (Å²) in [4.78, 5) is 21.6. The fourth-order valence-corrected chi connectivity index (χ4v) is 2.29. The van der Waals surface area contributed by atoms with Gasteiger partial charge in [0.05, 0.1) is 4.83 Å². The summed E-state index contributed by atoms with van der Waals surface area (Å²) in [5.41, 5.74) is 1.54. The summed E-state index contributed by atoms with van der Waals surface area (Å²) in [7, 11) is 0. The Labute approximate surface area is 121 Å². The zero-order chi connectivity index (χ0) is 13.9. The van der Waals surface area contributed by atoms with Gasteiger partial charge in [0.2, 0.25) is 0 Å². The molecule has 2 unspecified atom stereocenters. The second kappa shape index (κ2) is 6.45. The molecule has 0 saturated heterocycles. The third-order valence-corrected chi connectivity index (χ3v) is 4.25. The summed E-state index contributed by atoms with van der Waals surface area (Å²) in [6.07, 6.45) is -1.64. The van der Waals surface area contributed by atoms with Gasteiger partial charge in [-0.2, -0.15) is 0 Å². The maximum Gasteiger partial charge on any atom is 0.337 e. The van der Waals surface area contributed by atoms with Crippen molar-refractivity contribution >= 4 is 43.6 Å². The molecule has 0 bridgehead atoms. The summed E-state index contributed by atoms with van der Waals surface area (Å²) < 4.78 is 0. The number of aliphatic hydroxyl groups is 1. The van der Waals surface area contributed by atoms with Crippen LogP contribution in [0.3, 0.4) is 0 Å². The monoisotopic (exact) mass is 378 g/mol. The van der Waals surface area contributed by atoms with Gasteiger partial charge >= 0.3 is 5.97 Å². The number of ketones is 1. The van der Waals surface area contributed by atoms with E-state index in [0.29, 0.717) is 10.9 Å². The van der Waals surface area contributed by atoms with E-state index in [-0.39, 0.29) is 11.3 Å². The van der Waals surface area contributed by atoms with Crippen molar-refractivity contribution in [2.45, 2.75) is 23.2 Å². The number of halogens is 2. The number of rotatable bonds is 5. The van der Waals surface area contributed by atoms with Gasteiger partial charge in [-0.25, -0.2) is 4.79 Å². The second-order valence-electron chi connectivity index (χ2n) is 3.81. The van der Waals surface area contributed by atoms with Crippen molar-refractivity contribution in [1.82, 2.24) is 0 Å². The highest BCUT2D eigenvalue weighted by atomic mass is 79.9. The van der Waals surface area contributed by atoms with Gasteiger partial charge in [0.15, 0.2) is 6.10 Å². The van der Waals surface area contributed by atoms with Crippen molar-refractivity contribution in [3.63, 3.8) is 0 Å². The van der Waals surface area contributed by atoms with Crippen LogP contribution in [0.25, 0.3) is 0 Å². The SMILES string of the molecule is CC(=O)C(Br)c1ccc(CBr)cc1C(O)C(=O)O. The maximum absolute atomic E-state index is 11.4. The van der Waals surface area contributed by atoms with E-state index in [1.807, 2.05) is 0 Å². The van der Waals surface area contributed by atoms with Crippen LogP contribution in [-0.2, 0) is 14.9 Å². The van der Waals surface area contributed by atoms with Crippen molar-refractivity contribution in [3.05, 3.63) is 34.9 Å². The van der Waals surface area contributed by atoms with Crippen molar-refractivity contribution in [2.24, 2.45) is 0 Å². The number of aliphatic hydroxyl groups excluding tert-OH is 1. The Kier molecular flexibility index (Phi) is 5.49. The molecule has 4 nitrogen and oxygen atoms in total. The number of carboxylic acid groups (broad SMARTS) is 1. The molecular formula is C12H12Br2O4. The topological polar surface area (TPSA) is 74.6 Å². The normalized spacial score (nSPS) is 14.0. The van der Waals surface area contributed by atoms with E-state index in [1.165, 1.54) is 6.92 Å². The average molecular weight is 380 g/mol. The molecule has 18 heavy (non-hydrogen) atoms. The van der Waals surface area contributed by atoms with Gasteiger partial charge in [-0.3, -0.25) is 4.79 Å². The predicted octanol–water partition coefficient (Wildman–Crippen LogP) is 2.72. The molecule has 0 heterocycles. The first-order valence-electron chi connectivity index (χ1n) is 5.12. The molecule has 0 amide bonds. The number of aliphatic carboxylic acids is 1. The number of Topliss-reactive ketones (excluding diaryl/α,β-unsaturated/α-hetero) is 1. The Morgan fingerprint density at radius 1 is 1.33 bits per heavy atom.